The summed E-state index contributed by atoms with van der Waals surface area (Å²) in [5.41, 5.74) is 2.93. The molecule has 6 heteroatoms. The predicted octanol–water partition coefficient (Wildman–Crippen LogP) is 3.32. The second kappa shape index (κ2) is 9.05. The zero-order chi connectivity index (χ0) is 22.1. The summed E-state index contributed by atoms with van der Waals surface area (Å²) in [6.45, 7) is 5.25. The topological polar surface area (TPSA) is 55.9 Å². The lowest BCUT2D eigenvalue weighted by Crippen LogP contribution is -2.50. The number of piperazine rings is 1. The first-order valence-electron chi connectivity index (χ1n) is 12.7. The molecule has 1 spiro atoms. The van der Waals surface area contributed by atoms with Gasteiger partial charge < -0.3 is 20.0 Å². The number of carbonyl (C=O) groups is 2. The number of hydrogen-bond acceptors (Lipinski definition) is 3. The molecule has 0 aromatic heterocycles. The van der Waals surface area contributed by atoms with Gasteiger partial charge >= 0.3 is 6.03 Å². The Bertz CT molecular complexity index is 834. The van der Waals surface area contributed by atoms with Crippen molar-refractivity contribution in [1.29, 1.82) is 0 Å². The smallest absolute Gasteiger partial charge is 0.317 e. The molecule has 0 bridgehead atoms. The van der Waals surface area contributed by atoms with Crippen LogP contribution in [-0.4, -0.2) is 79.0 Å². The molecule has 174 valence electrons. The molecule has 3 fully saturated rings. The number of nitrogens with zero attached hydrogens (tertiary/aromatic N) is 3. The standard InChI is InChI=1S/C26H38N4O2/c1-28-14-16-29(17-15-28)24(31)18-20-19-26(23-9-5-4-8-22(20)23)10-12-30(13-11-26)25(32)27-21-6-2-3-7-21/h4-5,8-9,20-21H,2-3,6-7,10-19H2,1H3,(H,27,32)/t20-/m0/s1. The Kier molecular flexibility index (Phi) is 6.15. The number of benzene rings is 1. The first-order chi connectivity index (χ1) is 15.5. The summed E-state index contributed by atoms with van der Waals surface area (Å²) < 4.78 is 0. The molecule has 5 rings (SSSR count). The molecule has 1 N–H and O–H groups in total. The van der Waals surface area contributed by atoms with Crippen molar-refractivity contribution < 1.29 is 9.59 Å². The molecule has 2 heterocycles. The quantitative estimate of drug-likeness (QED) is 0.788. The molecule has 2 aliphatic carbocycles. The molecule has 1 atom stereocenters. The van der Waals surface area contributed by atoms with Crippen LogP contribution in [0.2, 0.25) is 0 Å². The molecule has 4 aliphatic rings. The third kappa shape index (κ3) is 4.26. The van der Waals surface area contributed by atoms with E-state index >= 15 is 0 Å². The summed E-state index contributed by atoms with van der Waals surface area (Å²) in [5.74, 6) is 0.612. The largest absolute Gasteiger partial charge is 0.340 e. The van der Waals surface area contributed by atoms with E-state index in [1.807, 2.05) is 4.90 Å². The minimum atomic E-state index is 0.119. The van der Waals surface area contributed by atoms with Gasteiger partial charge in [0.2, 0.25) is 5.91 Å². The van der Waals surface area contributed by atoms with Gasteiger partial charge in [0, 0.05) is 51.7 Å². The molecule has 2 saturated heterocycles. The Morgan fingerprint density at radius 2 is 1.66 bits per heavy atom. The number of nitrogens with one attached hydrogen (secondary N) is 1. The molecule has 1 aromatic carbocycles. The number of carbonyl (C=O) groups excluding carboxylic acids is 2. The van der Waals surface area contributed by atoms with Gasteiger partial charge in [-0.05, 0) is 61.6 Å². The number of piperidine rings is 1. The Balaban J connectivity index is 1.23. The van der Waals surface area contributed by atoms with Crippen LogP contribution < -0.4 is 5.32 Å². The Labute approximate surface area is 192 Å². The first-order valence-corrected chi connectivity index (χ1v) is 12.7. The van der Waals surface area contributed by atoms with Gasteiger partial charge in [-0.3, -0.25) is 4.79 Å². The monoisotopic (exact) mass is 438 g/mol. The van der Waals surface area contributed by atoms with Gasteiger partial charge in [-0.2, -0.15) is 0 Å². The summed E-state index contributed by atoms with van der Waals surface area (Å²) >= 11 is 0. The molecular weight excluding hydrogens is 400 g/mol. The molecule has 2 aliphatic heterocycles. The average molecular weight is 439 g/mol. The van der Waals surface area contributed by atoms with Crippen molar-refractivity contribution >= 4 is 11.9 Å². The molecular formula is C26H38N4O2. The van der Waals surface area contributed by atoms with E-state index in [-0.39, 0.29) is 11.4 Å². The molecule has 0 unspecified atom stereocenters. The fourth-order valence-corrected chi connectivity index (χ4v) is 6.55. The fraction of sp³-hybridized carbons (Fsp3) is 0.692. The van der Waals surface area contributed by atoms with Gasteiger partial charge in [-0.15, -0.1) is 0 Å². The van der Waals surface area contributed by atoms with E-state index in [1.165, 1.54) is 24.0 Å². The van der Waals surface area contributed by atoms with Gasteiger partial charge in [0.25, 0.3) is 0 Å². The number of amides is 3. The van der Waals surface area contributed by atoms with Crippen molar-refractivity contribution in [3.8, 4) is 0 Å². The van der Waals surface area contributed by atoms with Gasteiger partial charge in [0.15, 0.2) is 0 Å². The predicted molar refractivity (Wildman–Crippen MR) is 126 cm³/mol. The summed E-state index contributed by atoms with van der Waals surface area (Å²) in [5, 5.41) is 3.25. The van der Waals surface area contributed by atoms with Gasteiger partial charge in [0.1, 0.15) is 0 Å². The Hall–Kier alpha value is -2.08. The lowest BCUT2D eigenvalue weighted by Gasteiger charge is -2.40. The highest BCUT2D eigenvalue weighted by atomic mass is 16.2. The number of rotatable bonds is 3. The molecule has 3 amide bonds. The van der Waals surface area contributed by atoms with Crippen LogP contribution in [0.5, 0.6) is 0 Å². The third-order valence-corrected chi connectivity index (χ3v) is 8.58. The van der Waals surface area contributed by atoms with Gasteiger partial charge in [-0.25, -0.2) is 4.79 Å². The van der Waals surface area contributed by atoms with Gasteiger partial charge in [-0.1, -0.05) is 37.1 Å². The third-order valence-electron chi connectivity index (χ3n) is 8.58. The lowest BCUT2D eigenvalue weighted by molar-refractivity contribution is -0.133. The highest BCUT2D eigenvalue weighted by Crippen LogP contribution is 2.52. The van der Waals surface area contributed by atoms with E-state index < -0.39 is 0 Å². The lowest BCUT2D eigenvalue weighted by atomic mass is 9.73. The van der Waals surface area contributed by atoms with Gasteiger partial charge in [0.05, 0.1) is 0 Å². The van der Waals surface area contributed by atoms with E-state index in [1.54, 1.807) is 0 Å². The van der Waals surface area contributed by atoms with Crippen LogP contribution in [0.4, 0.5) is 4.79 Å². The van der Waals surface area contributed by atoms with Crippen molar-refractivity contribution in [3.05, 3.63) is 35.4 Å². The van der Waals surface area contributed by atoms with Crippen LogP contribution in [0.1, 0.15) is 68.4 Å². The van der Waals surface area contributed by atoms with Crippen LogP contribution in [0.25, 0.3) is 0 Å². The maximum absolute atomic E-state index is 13.1. The van der Waals surface area contributed by atoms with E-state index in [2.05, 4.69) is 46.4 Å². The molecule has 1 saturated carbocycles. The number of fused-ring (bicyclic) bond motifs is 2. The highest BCUT2D eigenvalue weighted by Gasteiger charge is 2.46. The minimum absolute atomic E-state index is 0.119. The van der Waals surface area contributed by atoms with Crippen LogP contribution >= 0.6 is 0 Å². The van der Waals surface area contributed by atoms with E-state index in [0.29, 0.717) is 24.3 Å². The average Bonchev–Trinajstić information content (AvgIpc) is 3.42. The van der Waals surface area contributed by atoms with Crippen LogP contribution in [0.3, 0.4) is 0 Å². The molecule has 6 nitrogen and oxygen atoms in total. The molecule has 32 heavy (non-hydrogen) atoms. The maximum atomic E-state index is 13.1. The van der Waals surface area contributed by atoms with Crippen molar-refractivity contribution in [2.45, 2.75) is 68.7 Å². The Morgan fingerprint density at radius 1 is 0.969 bits per heavy atom. The summed E-state index contributed by atoms with van der Waals surface area (Å²) in [6.07, 6.45) is 8.39. The summed E-state index contributed by atoms with van der Waals surface area (Å²) in [6, 6.07) is 9.28. The Morgan fingerprint density at radius 3 is 2.38 bits per heavy atom. The van der Waals surface area contributed by atoms with E-state index in [4.69, 9.17) is 0 Å². The number of likely N-dealkylation sites (tertiary alicyclic amines) is 1. The summed E-state index contributed by atoms with van der Waals surface area (Å²) in [4.78, 5) is 32.2. The number of likely N-dealkylation sites (N-methyl/N-ethyl adjacent to an activating group) is 1. The maximum Gasteiger partial charge on any atom is 0.317 e. The second-order valence-corrected chi connectivity index (χ2v) is 10.6. The van der Waals surface area contributed by atoms with E-state index in [0.717, 1.165) is 71.4 Å². The van der Waals surface area contributed by atoms with Crippen LogP contribution in [0, 0.1) is 0 Å². The SMILES string of the molecule is CN1CCN(C(=O)C[C@H]2CC3(CCN(C(=O)NC4CCCC4)CC3)c3ccccc32)CC1. The molecule has 0 radical (unpaired) electrons. The van der Waals surface area contributed by atoms with Crippen LogP contribution in [-0.2, 0) is 10.2 Å². The number of hydrogen-bond donors (Lipinski definition) is 1. The van der Waals surface area contributed by atoms with Crippen molar-refractivity contribution in [2.24, 2.45) is 0 Å². The van der Waals surface area contributed by atoms with Crippen molar-refractivity contribution in [3.63, 3.8) is 0 Å². The zero-order valence-corrected chi connectivity index (χ0v) is 19.5. The van der Waals surface area contributed by atoms with Crippen molar-refractivity contribution in [2.75, 3.05) is 46.3 Å². The highest BCUT2D eigenvalue weighted by molar-refractivity contribution is 5.78. The fourth-order valence-electron chi connectivity index (χ4n) is 6.55. The normalized spacial score (nSPS) is 25.8. The van der Waals surface area contributed by atoms with Crippen LogP contribution in [0.15, 0.2) is 24.3 Å². The molecule has 1 aromatic rings. The number of urea groups is 1. The van der Waals surface area contributed by atoms with E-state index in [9.17, 15) is 9.59 Å². The van der Waals surface area contributed by atoms with Crippen molar-refractivity contribution in [1.82, 2.24) is 20.0 Å². The summed E-state index contributed by atoms with van der Waals surface area (Å²) in [7, 11) is 2.12. The zero-order valence-electron chi connectivity index (χ0n) is 19.5. The minimum Gasteiger partial charge on any atom is -0.340 e. The second-order valence-electron chi connectivity index (χ2n) is 10.6. The first kappa shape index (κ1) is 21.7.